The number of rotatable bonds is 3. The van der Waals surface area contributed by atoms with Crippen LogP contribution in [-0.2, 0) is 9.59 Å². The third kappa shape index (κ3) is 4.19. The molecule has 2 aromatic carbocycles. The van der Waals surface area contributed by atoms with Crippen LogP contribution in [-0.4, -0.2) is 11.7 Å². The number of carbonyl (C=O) groups excluding carboxylic acids is 2. The zero-order chi connectivity index (χ0) is 23.2. The van der Waals surface area contributed by atoms with Crippen molar-refractivity contribution in [3.63, 3.8) is 0 Å². The van der Waals surface area contributed by atoms with E-state index in [1.165, 1.54) is 12.1 Å². The summed E-state index contributed by atoms with van der Waals surface area (Å²) in [6.07, 6.45) is 1.02. The third-order valence-electron chi connectivity index (χ3n) is 5.88. The normalized spacial score (nSPS) is 20.1. The molecule has 32 heavy (non-hydrogen) atoms. The summed E-state index contributed by atoms with van der Waals surface area (Å²) in [5, 5.41) is 6.75. The molecule has 2 aliphatic rings. The maximum absolute atomic E-state index is 14.2. The van der Waals surface area contributed by atoms with Crippen LogP contribution in [0.25, 0.3) is 0 Å². The molecular formula is C25H23Cl2FN2O2. The Morgan fingerprint density at radius 3 is 2.56 bits per heavy atom. The Hall–Kier alpha value is -2.63. The molecular weight excluding hydrogens is 450 g/mol. The molecule has 0 bridgehead atoms. The van der Waals surface area contributed by atoms with Crippen molar-refractivity contribution in [3.05, 3.63) is 86.4 Å². The highest BCUT2D eigenvalue weighted by Crippen LogP contribution is 2.48. The van der Waals surface area contributed by atoms with E-state index in [1.807, 2.05) is 13.8 Å². The van der Waals surface area contributed by atoms with Gasteiger partial charge in [0.25, 0.3) is 5.91 Å². The summed E-state index contributed by atoms with van der Waals surface area (Å²) in [5.41, 5.74) is 2.71. The smallest absolute Gasteiger partial charge is 0.254 e. The lowest BCUT2D eigenvalue weighted by Gasteiger charge is -2.39. The predicted molar refractivity (Wildman–Crippen MR) is 125 cm³/mol. The number of benzene rings is 2. The summed E-state index contributed by atoms with van der Waals surface area (Å²) < 4.78 is 14.2. The first-order valence-electron chi connectivity index (χ1n) is 10.3. The molecule has 0 saturated heterocycles. The van der Waals surface area contributed by atoms with Crippen LogP contribution >= 0.6 is 23.2 Å². The predicted octanol–water partition coefficient (Wildman–Crippen LogP) is 6.38. The fraction of sp³-hybridized carbons (Fsp3) is 0.280. The van der Waals surface area contributed by atoms with Crippen LogP contribution in [0.15, 0.2) is 65.0 Å². The van der Waals surface area contributed by atoms with Crippen molar-refractivity contribution < 1.29 is 14.0 Å². The topological polar surface area (TPSA) is 58.2 Å². The Labute approximate surface area is 196 Å². The van der Waals surface area contributed by atoms with Crippen LogP contribution in [0.2, 0.25) is 10.0 Å². The van der Waals surface area contributed by atoms with Gasteiger partial charge in [0, 0.05) is 44.9 Å². The zero-order valence-corrected chi connectivity index (χ0v) is 19.5. The number of Topliss-reactive ketones (excluding diaryl/α,β-unsaturated/α-hetero) is 1. The molecule has 7 heteroatoms. The minimum atomic E-state index is -0.689. The molecule has 1 aliphatic heterocycles. The van der Waals surface area contributed by atoms with Crippen molar-refractivity contribution in [2.45, 2.75) is 39.5 Å². The monoisotopic (exact) mass is 472 g/mol. The highest BCUT2D eigenvalue weighted by molar-refractivity contribution is 6.35. The molecule has 1 atom stereocenters. The second-order valence-electron chi connectivity index (χ2n) is 9.03. The number of anilines is 1. The van der Waals surface area contributed by atoms with E-state index in [4.69, 9.17) is 23.2 Å². The van der Waals surface area contributed by atoms with E-state index in [0.717, 1.165) is 5.70 Å². The summed E-state index contributed by atoms with van der Waals surface area (Å²) in [5.74, 6) is -1.77. The SMILES string of the molecule is CC1=C(C(=O)Nc2ccccc2F)[C@@H](c2ccc(Cl)cc2Cl)C2=C(CC(C)(C)CC2=O)N1. The van der Waals surface area contributed by atoms with Crippen LogP contribution in [0.1, 0.15) is 45.1 Å². The molecule has 4 rings (SSSR count). The standard InChI is InChI=1S/C25H23Cl2FN2O2/c1-13-21(24(32)30-18-7-5-4-6-17(18)28)22(15-9-8-14(26)10-16(15)27)23-19(29-13)11-25(2,3)12-20(23)31/h4-10,22,29H,11-12H2,1-3H3,(H,30,32)/t22-/m1/s1. The van der Waals surface area contributed by atoms with Crippen molar-refractivity contribution in [1.82, 2.24) is 5.32 Å². The number of hydrogen-bond donors (Lipinski definition) is 2. The summed E-state index contributed by atoms with van der Waals surface area (Å²) in [4.78, 5) is 26.7. The van der Waals surface area contributed by atoms with Crippen molar-refractivity contribution in [2.24, 2.45) is 5.41 Å². The number of halogens is 3. The average Bonchev–Trinajstić information content (AvgIpc) is 2.67. The number of para-hydroxylation sites is 1. The third-order valence-corrected chi connectivity index (χ3v) is 6.44. The molecule has 0 radical (unpaired) electrons. The fourth-order valence-electron chi connectivity index (χ4n) is 4.54. The van der Waals surface area contributed by atoms with Gasteiger partial charge in [0.1, 0.15) is 5.82 Å². The number of dihydropyridines is 1. The van der Waals surface area contributed by atoms with Gasteiger partial charge in [0.05, 0.1) is 5.69 Å². The van der Waals surface area contributed by atoms with E-state index >= 15 is 0 Å². The molecule has 0 fully saturated rings. The van der Waals surface area contributed by atoms with Crippen LogP contribution in [0, 0.1) is 11.2 Å². The average molecular weight is 473 g/mol. The molecule has 1 heterocycles. The lowest BCUT2D eigenvalue weighted by molar-refractivity contribution is -0.118. The van der Waals surface area contributed by atoms with Crippen LogP contribution in [0.3, 0.4) is 0 Å². The molecule has 2 aromatic rings. The maximum Gasteiger partial charge on any atom is 0.254 e. The Kier molecular flexibility index (Phi) is 5.91. The van der Waals surface area contributed by atoms with Gasteiger partial charge in [-0.1, -0.05) is 55.2 Å². The largest absolute Gasteiger partial charge is 0.362 e. The van der Waals surface area contributed by atoms with Gasteiger partial charge in [-0.25, -0.2) is 4.39 Å². The van der Waals surface area contributed by atoms with E-state index < -0.39 is 17.6 Å². The van der Waals surface area contributed by atoms with Crippen LogP contribution in [0.5, 0.6) is 0 Å². The second kappa shape index (κ2) is 8.38. The molecule has 4 nitrogen and oxygen atoms in total. The molecule has 2 N–H and O–H groups in total. The quantitative estimate of drug-likeness (QED) is 0.544. The molecule has 0 unspecified atom stereocenters. The van der Waals surface area contributed by atoms with Gasteiger partial charge in [-0.2, -0.15) is 0 Å². The summed E-state index contributed by atoms with van der Waals surface area (Å²) in [6, 6.07) is 11.0. The molecule has 0 spiro atoms. The number of ketones is 1. The van der Waals surface area contributed by atoms with E-state index in [-0.39, 0.29) is 16.9 Å². The summed E-state index contributed by atoms with van der Waals surface area (Å²) in [6.45, 7) is 5.86. The number of amides is 1. The van der Waals surface area contributed by atoms with Gasteiger partial charge in [-0.05, 0) is 48.6 Å². The molecule has 1 aliphatic carbocycles. The second-order valence-corrected chi connectivity index (χ2v) is 9.87. The summed E-state index contributed by atoms with van der Waals surface area (Å²) >= 11 is 12.7. The van der Waals surface area contributed by atoms with E-state index in [2.05, 4.69) is 10.6 Å². The van der Waals surface area contributed by atoms with Gasteiger partial charge < -0.3 is 10.6 Å². The highest BCUT2D eigenvalue weighted by atomic mass is 35.5. The van der Waals surface area contributed by atoms with Gasteiger partial charge in [-0.3, -0.25) is 9.59 Å². The number of carbonyl (C=O) groups is 2. The first kappa shape index (κ1) is 22.6. The van der Waals surface area contributed by atoms with E-state index in [1.54, 1.807) is 37.3 Å². The van der Waals surface area contributed by atoms with Crippen molar-refractivity contribution in [1.29, 1.82) is 0 Å². The Bertz CT molecular complexity index is 1200. The van der Waals surface area contributed by atoms with E-state index in [0.29, 0.717) is 45.3 Å². The number of nitrogens with one attached hydrogen (secondary N) is 2. The van der Waals surface area contributed by atoms with Crippen molar-refractivity contribution in [3.8, 4) is 0 Å². The first-order chi connectivity index (χ1) is 15.1. The van der Waals surface area contributed by atoms with Crippen LogP contribution < -0.4 is 10.6 Å². The zero-order valence-electron chi connectivity index (χ0n) is 18.0. The molecule has 0 aromatic heterocycles. The van der Waals surface area contributed by atoms with Gasteiger partial charge in [-0.15, -0.1) is 0 Å². The van der Waals surface area contributed by atoms with Crippen molar-refractivity contribution in [2.75, 3.05) is 5.32 Å². The number of hydrogen-bond acceptors (Lipinski definition) is 3. The Morgan fingerprint density at radius 2 is 1.88 bits per heavy atom. The minimum absolute atomic E-state index is 0.0385. The molecule has 166 valence electrons. The molecule has 0 saturated carbocycles. The first-order valence-corrected chi connectivity index (χ1v) is 11.1. The van der Waals surface area contributed by atoms with Gasteiger partial charge >= 0.3 is 0 Å². The van der Waals surface area contributed by atoms with Crippen molar-refractivity contribution >= 4 is 40.6 Å². The number of allylic oxidation sites excluding steroid dienone is 3. The lowest BCUT2D eigenvalue weighted by atomic mass is 9.68. The Balaban J connectivity index is 1.85. The highest BCUT2D eigenvalue weighted by Gasteiger charge is 2.43. The Morgan fingerprint density at radius 1 is 1.16 bits per heavy atom. The van der Waals surface area contributed by atoms with Gasteiger partial charge in [0.2, 0.25) is 0 Å². The minimum Gasteiger partial charge on any atom is -0.362 e. The maximum atomic E-state index is 14.2. The van der Waals surface area contributed by atoms with Crippen LogP contribution in [0.4, 0.5) is 10.1 Å². The lowest BCUT2D eigenvalue weighted by Crippen LogP contribution is -2.39. The molecule has 1 amide bonds. The van der Waals surface area contributed by atoms with E-state index in [9.17, 15) is 14.0 Å². The summed E-state index contributed by atoms with van der Waals surface area (Å²) in [7, 11) is 0. The van der Waals surface area contributed by atoms with Gasteiger partial charge in [0.15, 0.2) is 5.78 Å². The fourth-order valence-corrected chi connectivity index (χ4v) is 5.05.